The first-order valence-corrected chi connectivity index (χ1v) is 11.8. The highest BCUT2D eigenvalue weighted by atomic mass is 32.2. The molecule has 12 heteroatoms. The lowest BCUT2D eigenvalue weighted by molar-refractivity contribution is -0.192. The van der Waals surface area contributed by atoms with Gasteiger partial charge in [-0.25, -0.2) is 14.8 Å². The molecule has 1 fully saturated rings. The molecular weight excluding hydrogens is 463 g/mol. The number of fused-ring (bicyclic) bond motifs is 1. The Balaban J connectivity index is 0.000000360. The van der Waals surface area contributed by atoms with E-state index in [9.17, 15) is 13.2 Å². The highest BCUT2D eigenvalue weighted by Crippen LogP contribution is 2.27. The summed E-state index contributed by atoms with van der Waals surface area (Å²) in [6, 6.07) is 6.30. The zero-order chi connectivity index (χ0) is 23.1. The van der Waals surface area contributed by atoms with Gasteiger partial charge in [0.2, 0.25) is 5.95 Å². The number of rotatable bonds is 6. The summed E-state index contributed by atoms with van der Waals surface area (Å²) in [6.45, 7) is 3.68. The van der Waals surface area contributed by atoms with Crippen LogP contribution in [-0.2, 0) is 11.3 Å². The summed E-state index contributed by atoms with van der Waals surface area (Å²) in [5.41, 5.74) is 5.05. The number of hydrogen-bond donors (Lipinski definition) is 3. The zero-order valence-electron chi connectivity index (χ0n) is 17.1. The molecule has 1 atom stereocenters. The topological polar surface area (TPSA) is 100 Å². The molecule has 2 aromatic heterocycles. The van der Waals surface area contributed by atoms with Gasteiger partial charge >= 0.3 is 12.1 Å². The van der Waals surface area contributed by atoms with Gasteiger partial charge < -0.3 is 15.7 Å². The molecule has 7 nitrogen and oxygen atoms in total. The van der Waals surface area contributed by atoms with Crippen molar-refractivity contribution in [3.05, 3.63) is 40.3 Å². The van der Waals surface area contributed by atoms with Crippen LogP contribution in [0.25, 0.3) is 10.9 Å². The standard InChI is InChI=1S/C18H21N5S2.C2HF3O2/c1-12-4-5-15-16(7-12)22-18(20-9-14-3-2-6-25-14)23-17(15)19-8-13-10-24-11-21-13;3-2(4,5)1(6)7/h4-5,7,10-11,14H,2-3,6,8-9H2,1H3,(H2,19,20,22,23);(H,6,7). The fourth-order valence-electron chi connectivity index (χ4n) is 2.96. The van der Waals surface area contributed by atoms with Crippen molar-refractivity contribution in [2.75, 3.05) is 22.9 Å². The Morgan fingerprint density at radius 3 is 2.69 bits per heavy atom. The van der Waals surface area contributed by atoms with Gasteiger partial charge in [0.25, 0.3) is 0 Å². The Bertz CT molecular complexity index is 1040. The van der Waals surface area contributed by atoms with E-state index in [-0.39, 0.29) is 0 Å². The van der Waals surface area contributed by atoms with Gasteiger partial charge in [0.15, 0.2) is 0 Å². The molecule has 0 spiro atoms. The SMILES string of the molecule is Cc1ccc2c(NCc3cscn3)nc(NCC3CCCS3)nc2c1.O=C(O)C(F)(F)F. The highest BCUT2D eigenvalue weighted by molar-refractivity contribution is 8.00. The number of alkyl halides is 3. The number of anilines is 2. The summed E-state index contributed by atoms with van der Waals surface area (Å²) in [5.74, 6) is 0.0725. The molecule has 32 heavy (non-hydrogen) atoms. The van der Waals surface area contributed by atoms with E-state index in [4.69, 9.17) is 19.9 Å². The minimum Gasteiger partial charge on any atom is -0.475 e. The predicted octanol–water partition coefficient (Wildman–Crippen LogP) is 4.95. The number of halogens is 3. The lowest BCUT2D eigenvalue weighted by Gasteiger charge is -2.13. The molecule has 4 rings (SSSR count). The van der Waals surface area contributed by atoms with Crippen LogP contribution in [-0.4, -0.2) is 49.8 Å². The number of benzene rings is 1. The van der Waals surface area contributed by atoms with E-state index in [1.807, 2.05) is 17.3 Å². The van der Waals surface area contributed by atoms with Crippen molar-refractivity contribution in [3.63, 3.8) is 0 Å². The van der Waals surface area contributed by atoms with Crippen molar-refractivity contribution in [3.8, 4) is 0 Å². The Labute approximate surface area is 190 Å². The van der Waals surface area contributed by atoms with E-state index in [0.29, 0.717) is 17.7 Å². The number of nitrogens with one attached hydrogen (secondary N) is 2. The summed E-state index contributed by atoms with van der Waals surface area (Å²) in [5, 5.41) is 17.8. The monoisotopic (exact) mass is 485 g/mol. The molecule has 172 valence electrons. The Kier molecular flexibility index (Phi) is 8.13. The highest BCUT2D eigenvalue weighted by Gasteiger charge is 2.38. The van der Waals surface area contributed by atoms with Crippen LogP contribution >= 0.6 is 23.1 Å². The van der Waals surface area contributed by atoms with Crippen molar-refractivity contribution < 1.29 is 23.1 Å². The van der Waals surface area contributed by atoms with Gasteiger partial charge in [0, 0.05) is 22.6 Å². The van der Waals surface area contributed by atoms with E-state index in [0.717, 1.165) is 29.0 Å². The first-order valence-electron chi connectivity index (χ1n) is 9.77. The molecule has 1 aromatic carbocycles. The Morgan fingerprint density at radius 2 is 2.06 bits per heavy atom. The number of carbonyl (C=O) groups is 1. The molecule has 1 unspecified atom stereocenters. The molecule has 0 amide bonds. The van der Waals surface area contributed by atoms with Gasteiger partial charge in [-0.1, -0.05) is 6.07 Å². The van der Waals surface area contributed by atoms with Crippen LogP contribution in [0.2, 0.25) is 0 Å². The van der Waals surface area contributed by atoms with E-state index in [1.54, 1.807) is 11.3 Å². The molecule has 1 saturated heterocycles. The van der Waals surface area contributed by atoms with E-state index in [2.05, 4.69) is 46.1 Å². The third-order valence-electron chi connectivity index (χ3n) is 4.53. The second kappa shape index (κ2) is 10.8. The smallest absolute Gasteiger partial charge is 0.475 e. The summed E-state index contributed by atoms with van der Waals surface area (Å²) in [7, 11) is 0. The van der Waals surface area contributed by atoms with Gasteiger partial charge in [0.05, 0.1) is 23.3 Å². The first-order chi connectivity index (χ1) is 15.2. The van der Waals surface area contributed by atoms with Crippen molar-refractivity contribution in [2.24, 2.45) is 0 Å². The second-order valence-electron chi connectivity index (χ2n) is 7.07. The molecule has 3 aromatic rings. The quantitative estimate of drug-likeness (QED) is 0.451. The second-order valence-corrected chi connectivity index (χ2v) is 9.20. The van der Waals surface area contributed by atoms with Crippen molar-refractivity contribution in [1.82, 2.24) is 15.0 Å². The maximum absolute atomic E-state index is 10.6. The molecule has 0 saturated carbocycles. The minimum atomic E-state index is -5.08. The fraction of sp³-hybridized carbons (Fsp3) is 0.400. The van der Waals surface area contributed by atoms with Gasteiger partial charge in [0.1, 0.15) is 5.82 Å². The molecule has 3 heterocycles. The molecule has 1 aliphatic rings. The number of aromatic nitrogens is 3. The van der Waals surface area contributed by atoms with Gasteiger partial charge in [-0.05, 0) is 43.2 Å². The van der Waals surface area contributed by atoms with E-state index >= 15 is 0 Å². The average molecular weight is 486 g/mol. The lowest BCUT2D eigenvalue weighted by atomic mass is 10.1. The van der Waals surface area contributed by atoms with E-state index < -0.39 is 12.1 Å². The van der Waals surface area contributed by atoms with Gasteiger partial charge in [-0.15, -0.1) is 11.3 Å². The predicted molar refractivity (Wildman–Crippen MR) is 121 cm³/mol. The fourth-order valence-corrected chi connectivity index (χ4v) is 4.72. The normalized spacial score (nSPS) is 15.8. The van der Waals surface area contributed by atoms with Crippen LogP contribution in [0.1, 0.15) is 24.1 Å². The lowest BCUT2D eigenvalue weighted by Crippen LogP contribution is -2.21. The Morgan fingerprint density at radius 1 is 1.28 bits per heavy atom. The molecule has 1 aliphatic heterocycles. The van der Waals surface area contributed by atoms with Crippen molar-refractivity contribution in [2.45, 2.75) is 37.7 Å². The third kappa shape index (κ3) is 6.95. The van der Waals surface area contributed by atoms with Crippen LogP contribution in [0.4, 0.5) is 24.9 Å². The molecule has 0 aliphatic carbocycles. The van der Waals surface area contributed by atoms with Crippen LogP contribution in [0.15, 0.2) is 29.1 Å². The third-order valence-corrected chi connectivity index (χ3v) is 6.56. The molecule has 3 N–H and O–H groups in total. The molecule has 0 radical (unpaired) electrons. The minimum absolute atomic E-state index is 0.668. The van der Waals surface area contributed by atoms with Crippen LogP contribution in [0.5, 0.6) is 0 Å². The van der Waals surface area contributed by atoms with Crippen molar-refractivity contribution >= 4 is 51.7 Å². The summed E-state index contributed by atoms with van der Waals surface area (Å²) < 4.78 is 31.7. The number of thiazole rings is 1. The number of hydrogen-bond acceptors (Lipinski definition) is 8. The van der Waals surface area contributed by atoms with Crippen LogP contribution < -0.4 is 10.6 Å². The van der Waals surface area contributed by atoms with Gasteiger partial charge in [-0.3, -0.25) is 0 Å². The maximum Gasteiger partial charge on any atom is 0.490 e. The average Bonchev–Trinajstić information content (AvgIpc) is 3.44. The Hall–Kier alpha value is -2.60. The number of nitrogens with zero attached hydrogens (tertiary/aromatic N) is 3. The number of carboxylic acids is 1. The number of thioether (sulfide) groups is 1. The number of aryl methyl sites for hydroxylation is 1. The van der Waals surface area contributed by atoms with Crippen molar-refractivity contribution in [1.29, 1.82) is 0 Å². The number of aliphatic carboxylic acids is 1. The zero-order valence-corrected chi connectivity index (χ0v) is 18.8. The molecular formula is C20H22F3N5O2S2. The first kappa shape index (κ1) is 24.1. The van der Waals surface area contributed by atoms with Gasteiger partial charge in [-0.2, -0.15) is 29.9 Å². The number of carboxylic acid groups (broad SMARTS) is 1. The largest absolute Gasteiger partial charge is 0.490 e. The summed E-state index contributed by atoms with van der Waals surface area (Å²) in [4.78, 5) is 22.7. The molecule has 0 bridgehead atoms. The summed E-state index contributed by atoms with van der Waals surface area (Å²) in [6.07, 6.45) is -2.49. The van der Waals surface area contributed by atoms with Crippen LogP contribution in [0.3, 0.4) is 0 Å². The summed E-state index contributed by atoms with van der Waals surface area (Å²) >= 11 is 3.65. The van der Waals surface area contributed by atoms with Crippen LogP contribution in [0, 0.1) is 6.92 Å². The maximum atomic E-state index is 10.6. The van der Waals surface area contributed by atoms with E-state index in [1.165, 1.54) is 24.2 Å².